The highest BCUT2D eigenvalue weighted by Gasteiger charge is 2.19. The molecule has 1 amide bonds. The first-order valence-electron chi connectivity index (χ1n) is 10.9. The molecule has 3 heterocycles. The number of rotatable bonds is 8. The molecule has 0 aliphatic carbocycles. The lowest BCUT2D eigenvalue weighted by molar-refractivity contribution is -0.116. The van der Waals surface area contributed by atoms with E-state index in [0.29, 0.717) is 23.3 Å². The summed E-state index contributed by atoms with van der Waals surface area (Å²) >= 11 is 1.39. The molecule has 2 aromatic carbocycles. The molecule has 0 saturated carbocycles. The first kappa shape index (κ1) is 22.5. The van der Waals surface area contributed by atoms with Crippen molar-refractivity contribution >= 4 is 22.4 Å². The van der Waals surface area contributed by atoms with Crippen LogP contribution in [-0.2, 0) is 18.3 Å². The molecule has 1 N–H and O–H groups in total. The van der Waals surface area contributed by atoms with Gasteiger partial charge in [-0.15, -0.1) is 0 Å². The Morgan fingerprint density at radius 3 is 2.60 bits per heavy atom. The topological polar surface area (TPSA) is 108 Å². The number of imidazole rings is 1. The van der Waals surface area contributed by atoms with E-state index < -0.39 is 0 Å². The number of hydrogen-bond acceptors (Lipinski definition) is 8. The standard InChI is InChI=1S/C25H22N6O3S/c1-31-15-14-26-24(31)22-21(16-6-4-3-5-7-16)29-25(35-22)27-19(32)12-13-20-28-23(30-34-20)17-8-10-18(33-2)11-9-17/h3-11,14-15H,12-13H2,1-2H3,(H,27,29,32). The normalized spacial score (nSPS) is 10.9. The highest BCUT2D eigenvalue weighted by Crippen LogP contribution is 2.38. The van der Waals surface area contributed by atoms with Gasteiger partial charge in [-0.2, -0.15) is 4.98 Å². The van der Waals surface area contributed by atoms with Crippen LogP contribution < -0.4 is 10.1 Å². The van der Waals surface area contributed by atoms with Gasteiger partial charge >= 0.3 is 0 Å². The fourth-order valence-corrected chi connectivity index (χ4v) is 4.56. The van der Waals surface area contributed by atoms with Gasteiger partial charge in [0.1, 0.15) is 5.75 Å². The predicted molar refractivity (Wildman–Crippen MR) is 133 cm³/mol. The van der Waals surface area contributed by atoms with E-state index in [1.54, 1.807) is 13.3 Å². The Bertz CT molecular complexity index is 1440. The Morgan fingerprint density at radius 1 is 1.09 bits per heavy atom. The number of hydrogen-bond donors (Lipinski definition) is 1. The van der Waals surface area contributed by atoms with Gasteiger partial charge in [0, 0.05) is 43.4 Å². The minimum Gasteiger partial charge on any atom is -0.497 e. The average Bonchev–Trinajstić information content (AvgIpc) is 3.63. The Morgan fingerprint density at radius 2 is 1.89 bits per heavy atom. The third kappa shape index (κ3) is 4.97. The van der Waals surface area contributed by atoms with Crippen LogP contribution in [0.5, 0.6) is 5.75 Å². The number of anilines is 1. The zero-order valence-corrected chi connectivity index (χ0v) is 20.0. The van der Waals surface area contributed by atoms with Gasteiger partial charge in [0.2, 0.25) is 17.6 Å². The largest absolute Gasteiger partial charge is 0.497 e. The number of benzene rings is 2. The second-order valence-corrected chi connectivity index (χ2v) is 8.71. The van der Waals surface area contributed by atoms with Crippen LogP contribution in [0.1, 0.15) is 12.3 Å². The van der Waals surface area contributed by atoms with E-state index in [0.717, 1.165) is 33.3 Å². The van der Waals surface area contributed by atoms with E-state index >= 15 is 0 Å². The average molecular weight is 487 g/mol. The molecule has 5 aromatic rings. The van der Waals surface area contributed by atoms with E-state index in [4.69, 9.17) is 14.2 Å². The Balaban J connectivity index is 1.28. The molecule has 0 unspecified atom stereocenters. The van der Waals surface area contributed by atoms with E-state index in [-0.39, 0.29) is 12.3 Å². The number of carbonyl (C=O) groups is 1. The molecular weight excluding hydrogens is 464 g/mol. The van der Waals surface area contributed by atoms with E-state index in [2.05, 4.69) is 20.4 Å². The summed E-state index contributed by atoms with van der Waals surface area (Å²) in [4.78, 5) is 27.1. The number of methoxy groups -OCH3 is 1. The summed E-state index contributed by atoms with van der Waals surface area (Å²) in [5, 5.41) is 7.42. The first-order valence-corrected chi connectivity index (χ1v) is 11.7. The van der Waals surface area contributed by atoms with Crippen LogP contribution >= 0.6 is 11.3 Å². The molecule has 0 fully saturated rings. The van der Waals surface area contributed by atoms with Crippen molar-refractivity contribution in [1.29, 1.82) is 0 Å². The number of ether oxygens (including phenoxy) is 1. The molecule has 9 nitrogen and oxygen atoms in total. The van der Waals surface area contributed by atoms with Gasteiger partial charge in [-0.25, -0.2) is 9.97 Å². The number of aromatic nitrogens is 5. The van der Waals surface area contributed by atoms with Crippen LogP contribution in [0.2, 0.25) is 0 Å². The Kier molecular flexibility index (Phi) is 6.36. The smallest absolute Gasteiger partial charge is 0.227 e. The summed E-state index contributed by atoms with van der Waals surface area (Å²) in [6, 6.07) is 17.2. The Hall–Kier alpha value is -4.31. The minimum absolute atomic E-state index is 0.183. The summed E-state index contributed by atoms with van der Waals surface area (Å²) in [5.41, 5.74) is 2.55. The van der Waals surface area contributed by atoms with Crippen molar-refractivity contribution in [3.63, 3.8) is 0 Å². The summed E-state index contributed by atoms with van der Waals surface area (Å²) in [5.74, 6) is 2.21. The fraction of sp³-hybridized carbons (Fsp3) is 0.160. The molecule has 0 aliphatic rings. The lowest BCUT2D eigenvalue weighted by Crippen LogP contribution is -2.12. The molecule has 3 aromatic heterocycles. The molecule has 176 valence electrons. The molecule has 0 atom stereocenters. The zero-order chi connectivity index (χ0) is 24.2. The maximum atomic E-state index is 12.7. The SMILES string of the molecule is COc1ccc(-c2noc(CCC(=O)Nc3nc(-c4ccccc4)c(-c4nccn4C)s3)n2)cc1. The lowest BCUT2D eigenvalue weighted by atomic mass is 10.1. The number of nitrogens with one attached hydrogen (secondary N) is 1. The number of carbonyl (C=O) groups excluding carboxylic acids is 1. The van der Waals surface area contributed by atoms with Crippen LogP contribution in [-0.4, -0.2) is 37.7 Å². The second-order valence-electron chi connectivity index (χ2n) is 7.71. The van der Waals surface area contributed by atoms with Crippen molar-refractivity contribution in [2.45, 2.75) is 12.8 Å². The van der Waals surface area contributed by atoms with Crippen LogP contribution in [0.4, 0.5) is 5.13 Å². The fourth-order valence-electron chi connectivity index (χ4n) is 3.52. The van der Waals surface area contributed by atoms with Gasteiger partial charge < -0.3 is 19.1 Å². The number of amides is 1. The number of nitrogens with zero attached hydrogens (tertiary/aromatic N) is 5. The monoisotopic (exact) mass is 486 g/mol. The number of thiazole rings is 1. The summed E-state index contributed by atoms with van der Waals surface area (Å²) in [6.07, 6.45) is 4.12. The Labute approximate surface area is 205 Å². The van der Waals surface area contributed by atoms with Gasteiger partial charge in [-0.05, 0) is 24.3 Å². The van der Waals surface area contributed by atoms with Crippen LogP contribution in [0, 0.1) is 0 Å². The highest BCUT2D eigenvalue weighted by atomic mass is 32.1. The van der Waals surface area contributed by atoms with E-state index in [1.807, 2.05) is 72.4 Å². The third-order valence-corrected chi connectivity index (χ3v) is 6.29. The second kappa shape index (κ2) is 9.90. The summed E-state index contributed by atoms with van der Waals surface area (Å²) in [6.45, 7) is 0. The van der Waals surface area contributed by atoms with Crippen molar-refractivity contribution < 1.29 is 14.1 Å². The molecule has 5 rings (SSSR count). The van der Waals surface area contributed by atoms with Crippen molar-refractivity contribution in [2.75, 3.05) is 12.4 Å². The van der Waals surface area contributed by atoms with Gasteiger partial charge in [-0.1, -0.05) is 46.8 Å². The quantitative estimate of drug-likeness (QED) is 0.334. The van der Waals surface area contributed by atoms with Crippen LogP contribution in [0.3, 0.4) is 0 Å². The maximum absolute atomic E-state index is 12.7. The summed E-state index contributed by atoms with van der Waals surface area (Å²) in [7, 11) is 3.54. The minimum atomic E-state index is -0.186. The highest BCUT2D eigenvalue weighted by molar-refractivity contribution is 7.19. The third-order valence-electron chi connectivity index (χ3n) is 5.33. The van der Waals surface area contributed by atoms with Gasteiger partial charge in [0.05, 0.1) is 17.7 Å². The van der Waals surface area contributed by atoms with Crippen molar-refractivity contribution in [1.82, 2.24) is 24.7 Å². The molecule has 10 heteroatoms. The van der Waals surface area contributed by atoms with Crippen LogP contribution in [0.25, 0.3) is 33.3 Å². The van der Waals surface area contributed by atoms with Crippen molar-refractivity contribution in [2.24, 2.45) is 7.05 Å². The van der Waals surface area contributed by atoms with E-state index in [9.17, 15) is 4.79 Å². The van der Waals surface area contributed by atoms with Gasteiger partial charge in [0.15, 0.2) is 11.0 Å². The molecule has 0 radical (unpaired) electrons. The van der Waals surface area contributed by atoms with Crippen LogP contribution in [0.15, 0.2) is 71.5 Å². The molecule has 0 aliphatic heterocycles. The molecular formula is C25H22N6O3S. The number of aryl methyl sites for hydroxylation is 2. The molecule has 0 bridgehead atoms. The first-order chi connectivity index (χ1) is 17.1. The van der Waals surface area contributed by atoms with Crippen molar-refractivity contribution in [3.8, 4) is 39.1 Å². The van der Waals surface area contributed by atoms with Crippen molar-refractivity contribution in [3.05, 3.63) is 72.9 Å². The van der Waals surface area contributed by atoms with Gasteiger partial charge in [0.25, 0.3) is 0 Å². The molecule has 0 saturated heterocycles. The molecule has 35 heavy (non-hydrogen) atoms. The zero-order valence-electron chi connectivity index (χ0n) is 19.1. The lowest BCUT2D eigenvalue weighted by Gasteiger charge is -2.02. The predicted octanol–water partition coefficient (Wildman–Crippen LogP) is 4.84. The molecule has 0 spiro atoms. The summed E-state index contributed by atoms with van der Waals surface area (Å²) < 4.78 is 12.4. The maximum Gasteiger partial charge on any atom is 0.227 e. The van der Waals surface area contributed by atoms with Gasteiger partial charge in [-0.3, -0.25) is 4.79 Å². The van der Waals surface area contributed by atoms with E-state index in [1.165, 1.54) is 11.3 Å².